The van der Waals surface area contributed by atoms with Crippen LogP contribution in [0.25, 0.3) is 0 Å². The molecule has 3 N–H and O–H groups in total. The monoisotopic (exact) mass is 254 g/mol. The zero-order chi connectivity index (χ0) is 13.7. The SMILES string of the molecule is CNC(C(=O)O)C(=O)NCc1ccc(F)c(C)c1. The molecule has 1 rings (SSSR count). The standard InChI is InChI=1S/C12H15FN2O3/c1-7-5-8(3-4-9(7)13)6-15-11(16)10(14-2)12(17)18/h3-5,10,14H,6H2,1-2H3,(H,15,16)(H,17,18). The van der Waals surface area contributed by atoms with Gasteiger partial charge < -0.3 is 10.4 Å². The quantitative estimate of drug-likeness (QED) is 0.666. The number of carboxylic acids is 1. The van der Waals surface area contributed by atoms with E-state index in [0.717, 1.165) is 0 Å². The molecule has 0 spiro atoms. The molecule has 0 bridgehead atoms. The van der Waals surface area contributed by atoms with Gasteiger partial charge in [0.05, 0.1) is 0 Å². The van der Waals surface area contributed by atoms with Crippen LogP contribution in [0.5, 0.6) is 0 Å². The first-order valence-electron chi connectivity index (χ1n) is 5.38. The molecule has 98 valence electrons. The summed E-state index contributed by atoms with van der Waals surface area (Å²) in [5, 5.41) is 13.6. The number of nitrogens with one attached hydrogen (secondary N) is 2. The van der Waals surface area contributed by atoms with Crippen molar-refractivity contribution in [1.82, 2.24) is 10.6 Å². The van der Waals surface area contributed by atoms with Gasteiger partial charge >= 0.3 is 5.97 Å². The molecule has 0 saturated carbocycles. The molecule has 1 amide bonds. The van der Waals surface area contributed by atoms with E-state index in [9.17, 15) is 14.0 Å². The third-order valence-electron chi connectivity index (χ3n) is 2.49. The normalized spacial score (nSPS) is 11.9. The molecule has 0 aliphatic carbocycles. The van der Waals surface area contributed by atoms with Gasteiger partial charge in [0, 0.05) is 6.54 Å². The Morgan fingerprint density at radius 2 is 2.11 bits per heavy atom. The Morgan fingerprint density at radius 3 is 2.61 bits per heavy atom. The van der Waals surface area contributed by atoms with Crippen LogP contribution in [-0.2, 0) is 16.1 Å². The van der Waals surface area contributed by atoms with Crippen molar-refractivity contribution in [3.05, 3.63) is 35.1 Å². The number of carbonyl (C=O) groups is 2. The first-order chi connectivity index (χ1) is 8.45. The highest BCUT2D eigenvalue weighted by Gasteiger charge is 2.23. The first kappa shape index (κ1) is 14.1. The van der Waals surface area contributed by atoms with E-state index in [1.807, 2.05) is 0 Å². The molecule has 0 heterocycles. The minimum Gasteiger partial charge on any atom is -0.480 e. The predicted octanol–water partition coefficient (Wildman–Crippen LogP) is 0.423. The van der Waals surface area contributed by atoms with Crippen LogP contribution in [0.1, 0.15) is 11.1 Å². The lowest BCUT2D eigenvalue weighted by Gasteiger charge is -2.12. The summed E-state index contributed by atoms with van der Waals surface area (Å²) in [6.07, 6.45) is 0. The Hall–Kier alpha value is -1.95. The zero-order valence-electron chi connectivity index (χ0n) is 10.2. The number of hydrogen-bond donors (Lipinski definition) is 3. The number of benzene rings is 1. The molecule has 0 aliphatic heterocycles. The fourth-order valence-corrected chi connectivity index (χ4v) is 1.47. The van der Waals surface area contributed by atoms with E-state index in [2.05, 4.69) is 10.6 Å². The van der Waals surface area contributed by atoms with Crippen LogP contribution in [0, 0.1) is 12.7 Å². The Labute approximate surface area is 104 Å². The molecule has 5 nitrogen and oxygen atoms in total. The Bertz CT molecular complexity index is 463. The van der Waals surface area contributed by atoms with E-state index in [-0.39, 0.29) is 12.4 Å². The highest BCUT2D eigenvalue weighted by atomic mass is 19.1. The van der Waals surface area contributed by atoms with Crippen molar-refractivity contribution in [3.63, 3.8) is 0 Å². The van der Waals surface area contributed by atoms with Crippen molar-refractivity contribution < 1.29 is 19.1 Å². The van der Waals surface area contributed by atoms with Crippen molar-refractivity contribution in [2.45, 2.75) is 19.5 Å². The van der Waals surface area contributed by atoms with Gasteiger partial charge in [-0.3, -0.25) is 10.1 Å². The number of aliphatic carboxylic acids is 1. The van der Waals surface area contributed by atoms with Crippen molar-refractivity contribution in [2.75, 3.05) is 7.05 Å². The second kappa shape index (κ2) is 6.11. The van der Waals surface area contributed by atoms with Crippen LogP contribution in [0.3, 0.4) is 0 Å². The second-order valence-corrected chi connectivity index (χ2v) is 3.86. The van der Waals surface area contributed by atoms with Gasteiger partial charge in [0.25, 0.3) is 0 Å². The molecular weight excluding hydrogens is 239 g/mol. The number of likely N-dealkylation sites (N-methyl/N-ethyl adjacent to an activating group) is 1. The zero-order valence-corrected chi connectivity index (χ0v) is 10.2. The van der Waals surface area contributed by atoms with Gasteiger partial charge in [-0.2, -0.15) is 0 Å². The average molecular weight is 254 g/mol. The summed E-state index contributed by atoms with van der Waals surface area (Å²) in [7, 11) is 1.39. The maximum Gasteiger partial charge on any atom is 0.330 e. The van der Waals surface area contributed by atoms with E-state index in [4.69, 9.17) is 5.11 Å². The fraction of sp³-hybridized carbons (Fsp3) is 0.333. The molecule has 1 unspecified atom stereocenters. The maximum absolute atomic E-state index is 13.0. The van der Waals surface area contributed by atoms with Gasteiger partial charge in [-0.25, -0.2) is 9.18 Å². The summed E-state index contributed by atoms with van der Waals surface area (Å²) in [6, 6.07) is 3.16. The lowest BCUT2D eigenvalue weighted by Crippen LogP contribution is -2.47. The van der Waals surface area contributed by atoms with Crippen molar-refractivity contribution >= 4 is 11.9 Å². The van der Waals surface area contributed by atoms with Gasteiger partial charge in [-0.1, -0.05) is 12.1 Å². The number of amides is 1. The molecule has 0 aromatic heterocycles. The van der Waals surface area contributed by atoms with Gasteiger partial charge in [0.15, 0.2) is 6.04 Å². The summed E-state index contributed by atoms with van der Waals surface area (Å²) in [4.78, 5) is 22.2. The fourth-order valence-electron chi connectivity index (χ4n) is 1.47. The third-order valence-corrected chi connectivity index (χ3v) is 2.49. The van der Waals surface area contributed by atoms with E-state index in [0.29, 0.717) is 11.1 Å². The van der Waals surface area contributed by atoms with E-state index in [1.165, 1.54) is 19.2 Å². The third kappa shape index (κ3) is 3.53. The van der Waals surface area contributed by atoms with Crippen LogP contribution in [-0.4, -0.2) is 30.1 Å². The largest absolute Gasteiger partial charge is 0.480 e. The number of carboxylic acid groups (broad SMARTS) is 1. The molecule has 1 aromatic carbocycles. The molecule has 0 radical (unpaired) electrons. The lowest BCUT2D eigenvalue weighted by atomic mass is 10.1. The van der Waals surface area contributed by atoms with Crippen LogP contribution >= 0.6 is 0 Å². The minimum absolute atomic E-state index is 0.158. The molecule has 0 aliphatic rings. The summed E-state index contributed by atoms with van der Waals surface area (Å²) >= 11 is 0. The van der Waals surface area contributed by atoms with Crippen LogP contribution < -0.4 is 10.6 Å². The van der Waals surface area contributed by atoms with Crippen molar-refractivity contribution in [3.8, 4) is 0 Å². The molecule has 18 heavy (non-hydrogen) atoms. The van der Waals surface area contributed by atoms with Crippen molar-refractivity contribution in [2.24, 2.45) is 0 Å². The number of halogens is 1. The highest BCUT2D eigenvalue weighted by molar-refractivity contribution is 6.01. The molecule has 6 heteroatoms. The molecule has 1 aromatic rings. The molecule has 1 atom stereocenters. The summed E-state index contributed by atoms with van der Waals surface area (Å²) < 4.78 is 13.0. The topological polar surface area (TPSA) is 78.4 Å². The second-order valence-electron chi connectivity index (χ2n) is 3.86. The maximum atomic E-state index is 13.0. The van der Waals surface area contributed by atoms with Gasteiger partial charge in [-0.05, 0) is 31.2 Å². The minimum atomic E-state index is -1.29. The number of aryl methyl sites for hydroxylation is 1. The summed E-state index contributed by atoms with van der Waals surface area (Å²) in [5.74, 6) is -2.19. The molecule has 0 fully saturated rings. The Morgan fingerprint density at radius 1 is 1.44 bits per heavy atom. The smallest absolute Gasteiger partial charge is 0.330 e. The number of carbonyl (C=O) groups excluding carboxylic acids is 1. The van der Waals surface area contributed by atoms with Gasteiger partial charge in [-0.15, -0.1) is 0 Å². The van der Waals surface area contributed by atoms with E-state index in [1.54, 1.807) is 13.0 Å². The van der Waals surface area contributed by atoms with Gasteiger partial charge in [0.2, 0.25) is 5.91 Å². The van der Waals surface area contributed by atoms with Gasteiger partial charge in [0.1, 0.15) is 5.82 Å². The van der Waals surface area contributed by atoms with Crippen molar-refractivity contribution in [1.29, 1.82) is 0 Å². The number of rotatable bonds is 5. The predicted molar refractivity (Wildman–Crippen MR) is 63.5 cm³/mol. The lowest BCUT2D eigenvalue weighted by molar-refractivity contribution is -0.143. The highest BCUT2D eigenvalue weighted by Crippen LogP contribution is 2.08. The number of hydrogen-bond acceptors (Lipinski definition) is 3. The van der Waals surface area contributed by atoms with Crippen LogP contribution in [0.4, 0.5) is 4.39 Å². The first-order valence-corrected chi connectivity index (χ1v) is 5.38. The Kier molecular flexibility index (Phi) is 4.79. The van der Waals surface area contributed by atoms with Crippen LogP contribution in [0.2, 0.25) is 0 Å². The summed E-state index contributed by atoms with van der Waals surface area (Å²) in [5.41, 5.74) is 1.19. The Balaban J connectivity index is 2.62. The molecule has 0 saturated heterocycles. The van der Waals surface area contributed by atoms with E-state index < -0.39 is 17.9 Å². The average Bonchev–Trinajstić information content (AvgIpc) is 2.31. The van der Waals surface area contributed by atoms with Crippen LogP contribution in [0.15, 0.2) is 18.2 Å². The molecular formula is C12H15FN2O3. The summed E-state index contributed by atoms with van der Waals surface area (Å²) in [6.45, 7) is 1.78. The van der Waals surface area contributed by atoms with E-state index >= 15 is 0 Å².